The van der Waals surface area contributed by atoms with E-state index in [1.165, 1.54) is 16.8 Å². The number of carbonyl (C=O) groups is 1. The van der Waals surface area contributed by atoms with E-state index in [9.17, 15) is 14.0 Å². The summed E-state index contributed by atoms with van der Waals surface area (Å²) in [5, 5.41) is 12.6. The van der Waals surface area contributed by atoms with Gasteiger partial charge in [-0.2, -0.15) is 0 Å². The van der Waals surface area contributed by atoms with E-state index >= 15 is 0 Å². The largest absolute Gasteiger partial charge is 0.465 e. The number of halogens is 1. The summed E-state index contributed by atoms with van der Waals surface area (Å²) in [6.07, 6.45) is 0. The average Bonchev–Trinajstić information content (AvgIpc) is 3.23. The van der Waals surface area contributed by atoms with Crippen molar-refractivity contribution in [3.63, 3.8) is 0 Å². The highest BCUT2D eigenvalue weighted by Gasteiger charge is 2.17. The summed E-state index contributed by atoms with van der Waals surface area (Å²) in [5.74, 6) is -0.319. The zero-order chi connectivity index (χ0) is 24.1. The van der Waals surface area contributed by atoms with E-state index in [0.717, 1.165) is 22.0 Å². The highest BCUT2D eigenvalue weighted by Crippen LogP contribution is 2.17. The van der Waals surface area contributed by atoms with Gasteiger partial charge in [-0.15, -0.1) is 5.10 Å². The first-order chi connectivity index (χ1) is 16.4. The van der Waals surface area contributed by atoms with Crippen LogP contribution in [0.25, 0.3) is 10.9 Å². The lowest BCUT2D eigenvalue weighted by Crippen LogP contribution is -2.28. The molecule has 0 aliphatic carbocycles. The number of esters is 1. The molecule has 0 fully saturated rings. The van der Waals surface area contributed by atoms with Gasteiger partial charge in [-0.3, -0.25) is 14.5 Å². The number of tetrazole rings is 1. The van der Waals surface area contributed by atoms with Gasteiger partial charge in [-0.05, 0) is 59.0 Å². The Balaban J connectivity index is 1.63. The molecule has 0 atom stereocenters. The number of nitrogens with zero attached hydrogens (tertiary/aromatic N) is 5. The number of hydrogen-bond acceptors (Lipinski definition) is 7. The van der Waals surface area contributed by atoms with Gasteiger partial charge < -0.3 is 9.72 Å². The maximum absolute atomic E-state index is 13.4. The van der Waals surface area contributed by atoms with Gasteiger partial charge in [0.1, 0.15) is 12.4 Å². The van der Waals surface area contributed by atoms with Crippen molar-refractivity contribution in [3.8, 4) is 0 Å². The van der Waals surface area contributed by atoms with Gasteiger partial charge in [0.15, 0.2) is 5.82 Å². The van der Waals surface area contributed by atoms with Crippen molar-refractivity contribution in [3.05, 3.63) is 87.2 Å². The normalized spacial score (nSPS) is 11.3. The SMILES string of the molecule is CCOC(=O)Cn1nnnc1CN(Cc1ccc(F)cc1)Cc1cc2cccc(C)c2[nH]c1=O. The van der Waals surface area contributed by atoms with Crippen molar-refractivity contribution in [2.75, 3.05) is 6.61 Å². The maximum atomic E-state index is 13.4. The second-order valence-electron chi connectivity index (χ2n) is 7.99. The topological polar surface area (TPSA) is 106 Å². The molecule has 1 N–H and O–H groups in total. The number of ether oxygens (including phenoxy) is 1. The van der Waals surface area contributed by atoms with Crippen LogP contribution in [-0.4, -0.2) is 42.7 Å². The van der Waals surface area contributed by atoms with Crippen molar-refractivity contribution in [1.82, 2.24) is 30.1 Å². The number of rotatable bonds is 9. The summed E-state index contributed by atoms with van der Waals surface area (Å²) < 4.78 is 19.8. The Hall–Kier alpha value is -3.92. The molecule has 2 heterocycles. The molecule has 2 aromatic heterocycles. The van der Waals surface area contributed by atoms with Gasteiger partial charge in [-0.25, -0.2) is 9.07 Å². The molecular formula is C24H25FN6O3. The number of benzene rings is 2. The molecule has 0 saturated heterocycles. The third-order valence-electron chi connectivity index (χ3n) is 5.43. The van der Waals surface area contributed by atoms with Crippen LogP contribution in [0.4, 0.5) is 4.39 Å². The first-order valence-electron chi connectivity index (χ1n) is 10.9. The molecule has 10 heteroatoms. The number of H-pyrrole nitrogens is 1. The van der Waals surface area contributed by atoms with E-state index in [1.54, 1.807) is 19.1 Å². The predicted molar refractivity (Wildman–Crippen MR) is 123 cm³/mol. The van der Waals surface area contributed by atoms with Crippen molar-refractivity contribution in [2.45, 2.75) is 40.0 Å². The highest BCUT2D eigenvalue weighted by atomic mass is 19.1. The number of nitrogens with one attached hydrogen (secondary N) is 1. The van der Waals surface area contributed by atoms with Crippen LogP contribution in [-0.2, 0) is 35.7 Å². The predicted octanol–water partition coefficient (Wildman–Crippen LogP) is 2.73. The molecule has 4 aromatic rings. The van der Waals surface area contributed by atoms with E-state index in [2.05, 4.69) is 20.5 Å². The highest BCUT2D eigenvalue weighted by molar-refractivity contribution is 5.81. The summed E-state index contributed by atoms with van der Waals surface area (Å²) in [5.41, 5.74) is 3.04. The molecule has 0 radical (unpaired) electrons. The van der Waals surface area contributed by atoms with E-state index in [1.807, 2.05) is 36.1 Å². The van der Waals surface area contributed by atoms with Gasteiger partial charge in [0.2, 0.25) is 0 Å². The summed E-state index contributed by atoms with van der Waals surface area (Å²) in [4.78, 5) is 29.7. The van der Waals surface area contributed by atoms with E-state index in [0.29, 0.717) is 24.5 Å². The Morgan fingerprint density at radius 3 is 2.71 bits per heavy atom. The molecule has 34 heavy (non-hydrogen) atoms. The molecule has 176 valence electrons. The Bertz CT molecular complexity index is 1350. The van der Waals surface area contributed by atoms with Crippen molar-refractivity contribution < 1.29 is 13.9 Å². The number of carbonyl (C=O) groups excluding carboxylic acids is 1. The molecule has 4 rings (SSSR count). The molecule has 0 aliphatic heterocycles. The lowest BCUT2D eigenvalue weighted by Gasteiger charge is -2.22. The average molecular weight is 465 g/mol. The van der Waals surface area contributed by atoms with Crippen LogP contribution >= 0.6 is 0 Å². The van der Waals surface area contributed by atoms with Gasteiger partial charge in [0.25, 0.3) is 5.56 Å². The number of aromatic amines is 1. The zero-order valence-corrected chi connectivity index (χ0v) is 19.0. The van der Waals surface area contributed by atoms with Crippen LogP contribution in [0.15, 0.2) is 53.3 Å². The van der Waals surface area contributed by atoms with E-state index in [-0.39, 0.29) is 31.1 Å². The number of aryl methyl sites for hydroxylation is 1. The lowest BCUT2D eigenvalue weighted by molar-refractivity contribution is -0.144. The maximum Gasteiger partial charge on any atom is 0.327 e. The zero-order valence-electron chi connectivity index (χ0n) is 19.0. The van der Waals surface area contributed by atoms with Crippen molar-refractivity contribution in [1.29, 1.82) is 0 Å². The Morgan fingerprint density at radius 1 is 1.15 bits per heavy atom. The van der Waals surface area contributed by atoms with Gasteiger partial charge in [0, 0.05) is 18.7 Å². The van der Waals surface area contributed by atoms with E-state index in [4.69, 9.17) is 4.74 Å². The smallest absolute Gasteiger partial charge is 0.327 e. The van der Waals surface area contributed by atoms with Crippen LogP contribution in [0, 0.1) is 12.7 Å². The van der Waals surface area contributed by atoms with Crippen LogP contribution in [0.2, 0.25) is 0 Å². The Kier molecular flexibility index (Phi) is 7.07. The summed E-state index contributed by atoms with van der Waals surface area (Å²) in [6.45, 7) is 4.79. The summed E-state index contributed by atoms with van der Waals surface area (Å²) in [7, 11) is 0. The first-order valence-corrected chi connectivity index (χ1v) is 10.9. The molecule has 9 nitrogen and oxygen atoms in total. The van der Waals surface area contributed by atoms with Gasteiger partial charge >= 0.3 is 5.97 Å². The second kappa shape index (κ2) is 10.3. The fraction of sp³-hybridized carbons (Fsp3) is 0.292. The molecule has 0 unspecified atom stereocenters. The number of fused-ring (bicyclic) bond motifs is 1. The molecule has 0 spiro atoms. The molecular weight excluding hydrogens is 439 g/mol. The van der Waals surface area contributed by atoms with Gasteiger partial charge in [-0.1, -0.05) is 30.3 Å². The van der Waals surface area contributed by atoms with Crippen molar-refractivity contribution in [2.24, 2.45) is 0 Å². The first kappa shape index (κ1) is 23.2. The molecule has 0 saturated carbocycles. The number of hydrogen-bond donors (Lipinski definition) is 1. The summed E-state index contributed by atoms with van der Waals surface area (Å²) in [6, 6.07) is 13.9. The van der Waals surface area contributed by atoms with Crippen molar-refractivity contribution >= 4 is 16.9 Å². The minimum absolute atomic E-state index is 0.115. The molecule has 0 aliphatic rings. The lowest BCUT2D eigenvalue weighted by atomic mass is 10.1. The standard InChI is InChI=1S/C24H25FN6O3/c1-3-34-22(32)15-31-21(27-28-29-31)14-30(12-17-7-9-20(25)10-8-17)13-19-11-18-6-4-5-16(2)23(18)26-24(19)33/h4-11H,3,12-15H2,1-2H3,(H,26,33). The molecule has 0 amide bonds. The van der Waals surface area contributed by atoms with E-state index < -0.39 is 5.97 Å². The Labute approximate surface area is 195 Å². The van der Waals surface area contributed by atoms with Crippen LogP contribution in [0.5, 0.6) is 0 Å². The molecule has 2 aromatic carbocycles. The fourth-order valence-electron chi connectivity index (χ4n) is 3.79. The number of pyridine rings is 1. The Morgan fingerprint density at radius 2 is 1.94 bits per heavy atom. The summed E-state index contributed by atoms with van der Waals surface area (Å²) >= 11 is 0. The minimum Gasteiger partial charge on any atom is -0.465 e. The van der Waals surface area contributed by atoms with Gasteiger partial charge in [0.05, 0.1) is 18.7 Å². The van der Waals surface area contributed by atoms with Crippen LogP contribution in [0.3, 0.4) is 0 Å². The quantitative estimate of drug-likeness (QED) is 0.380. The third kappa shape index (κ3) is 5.52. The third-order valence-corrected chi connectivity index (χ3v) is 5.43. The van der Waals surface area contributed by atoms with Crippen LogP contribution < -0.4 is 5.56 Å². The number of para-hydroxylation sites is 1. The minimum atomic E-state index is -0.442. The fourth-order valence-corrected chi connectivity index (χ4v) is 3.79. The number of aromatic nitrogens is 5. The van der Waals surface area contributed by atoms with Crippen LogP contribution in [0.1, 0.15) is 29.4 Å². The second-order valence-corrected chi connectivity index (χ2v) is 7.99. The monoisotopic (exact) mass is 464 g/mol. The molecule has 0 bridgehead atoms.